The second-order valence-electron chi connectivity index (χ2n) is 6.31. The highest BCUT2D eigenvalue weighted by Gasteiger charge is 2.41. The molecule has 0 bridgehead atoms. The lowest BCUT2D eigenvalue weighted by molar-refractivity contribution is -0.137. The van der Waals surface area contributed by atoms with Crippen LogP contribution in [0.2, 0.25) is 0 Å². The molecule has 1 fully saturated rings. The van der Waals surface area contributed by atoms with Gasteiger partial charge < -0.3 is 4.74 Å². The molecule has 2 aromatic carbocycles. The maximum Gasteiger partial charge on any atom is 0.334 e. The maximum absolute atomic E-state index is 12.2. The Labute approximate surface area is 151 Å². The van der Waals surface area contributed by atoms with E-state index in [1.54, 1.807) is 11.3 Å². The zero-order chi connectivity index (χ0) is 17.4. The van der Waals surface area contributed by atoms with Crippen LogP contribution in [0.4, 0.5) is 0 Å². The van der Waals surface area contributed by atoms with Gasteiger partial charge in [-0.25, -0.2) is 4.79 Å². The minimum atomic E-state index is -0.298. The van der Waals surface area contributed by atoms with Gasteiger partial charge in [0, 0.05) is 15.2 Å². The topological polar surface area (TPSA) is 26.3 Å². The van der Waals surface area contributed by atoms with E-state index < -0.39 is 0 Å². The van der Waals surface area contributed by atoms with E-state index in [4.69, 9.17) is 4.74 Å². The molecule has 1 aliphatic heterocycles. The third-order valence-electron chi connectivity index (χ3n) is 4.57. The van der Waals surface area contributed by atoms with Crippen molar-refractivity contribution in [1.82, 2.24) is 0 Å². The first kappa shape index (κ1) is 15.9. The van der Waals surface area contributed by atoms with E-state index in [1.165, 1.54) is 10.1 Å². The van der Waals surface area contributed by atoms with Crippen LogP contribution >= 0.6 is 11.3 Å². The number of fused-ring (bicyclic) bond motifs is 1. The number of thiophene rings is 1. The summed E-state index contributed by atoms with van der Waals surface area (Å²) in [5, 5.41) is 1.19. The normalized spacial score (nSPS) is 20.9. The first-order valence-corrected chi connectivity index (χ1v) is 9.06. The predicted molar refractivity (Wildman–Crippen MR) is 104 cm³/mol. The summed E-state index contributed by atoms with van der Waals surface area (Å²) >= 11 is 1.71. The third kappa shape index (κ3) is 2.92. The molecular weight excluding hydrogens is 328 g/mol. The molecule has 1 saturated heterocycles. The summed E-state index contributed by atoms with van der Waals surface area (Å²) in [5.41, 5.74) is 2.67. The summed E-state index contributed by atoms with van der Waals surface area (Å²) in [6, 6.07) is 20.5. The molecule has 2 unspecified atom stereocenters. The highest BCUT2D eigenvalue weighted by atomic mass is 32.1. The van der Waals surface area contributed by atoms with Crippen molar-refractivity contribution in [1.29, 1.82) is 0 Å². The first-order valence-electron chi connectivity index (χ1n) is 8.25. The Morgan fingerprint density at radius 1 is 1.12 bits per heavy atom. The van der Waals surface area contributed by atoms with Gasteiger partial charge in [0.15, 0.2) is 0 Å². The van der Waals surface area contributed by atoms with Crippen LogP contribution in [-0.2, 0) is 9.53 Å². The number of benzene rings is 2. The van der Waals surface area contributed by atoms with Crippen molar-refractivity contribution in [3.8, 4) is 0 Å². The molecule has 3 aromatic rings. The highest BCUT2D eigenvalue weighted by Crippen LogP contribution is 2.43. The van der Waals surface area contributed by atoms with Crippen molar-refractivity contribution in [3.05, 3.63) is 88.8 Å². The Kier molecular flexibility index (Phi) is 4.02. The number of cyclic esters (lactones) is 1. The van der Waals surface area contributed by atoms with Crippen molar-refractivity contribution >= 4 is 33.5 Å². The standard InChI is InChI=1S/C22H18O2S/c1-14(12-16-8-4-3-5-9-16)21-20(15(2)22(23)24-21)19-13-17-10-6-7-11-18(17)25-19/h3-13,20-21H,2H2,1H3/b14-12+. The lowest BCUT2D eigenvalue weighted by Gasteiger charge is -2.17. The van der Waals surface area contributed by atoms with E-state index in [9.17, 15) is 4.79 Å². The van der Waals surface area contributed by atoms with Crippen molar-refractivity contribution < 1.29 is 9.53 Å². The van der Waals surface area contributed by atoms with E-state index in [2.05, 4.69) is 30.9 Å². The molecule has 25 heavy (non-hydrogen) atoms. The molecule has 124 valence electrons. The number of esters is 1. The molecule has 0 N–H and O–H groups in total. The van der Waals surface area contributed by atoms with Crippen LogP contribution in [0.1, 0.15) is 23.3 Å². The van der Waals surface area contributed by atoms with E-state index in [-0.39, 0.29) is 18.0 Å². The summed E-state index contributed by atoms with van der Waals surface area (Å²) in [5.74, 6) is -0.418. The number of ether oxygens (including phenoxy) is 1. The van der Waals surface area contributed by atoms with E-state index in [0.717, 1.165) is 16.0 Å². The second kappa shape index (κ2) is 6.34. The Hall–Kier alpha value is -2.65. The van der Waals surface area contributed by atoms with Gasteiger partial charge in [0.25, 0.3) is 0 Å². The molecule has 1 aliphatic rings. The summed E-state index contributed by atoms with van der Waals surface area (Å²) in [6.45, 7) is 6.03. The summed E-state index contributed by atoms with van der Waals surface area (Å²) in [6.07, 6.45) is 1.78. The molecule has 1 aromatic heterocycles. The lowest BCUT2D eigenvalue weighted by atomic mass is 9.90. The smallest absolute Gasteiger partial charge is 0.334 e. The molecule has 2 heterocycles. The molecule has 2 nitrogen and oxygen atoms in total. The molecule has 0 amide bonds. The number of carbonyl (C=O) groups excluding carboxylic acids is 1. The van der Waals surface area contributed by atoms with Gasteiger partial charge in [0.2, 0.25) is 0 Å². The van der Waals surface area contributed by atoms with Crippen molar-refractivity contribution in [3.63, 3.8) is 0 Å². The average Bonchev–Trinajstić information content (AvgIpc) is 3.17. The fourth-order valence-corrected chi connectivity index (χ4v) is 4.52. The monoisotopic (exact) mass is 346 g/mol. The maximum atomic E-state index is 12.2. The number of rotatable bonds is 3. The lowest BCUT2D eigenvalue weighted by Crippen LogP contribution is -2.15. The molecule has 4 rings (SSSR count). The molecule has 0 aliphatic carbocycles. The fourth-order valence-electron chi connectivity index (χ4n) is 3.30. The molecule has 0 spiro atoms. The van der Waals surface area contributed by atoms with Crippen molar-refractivity contribution in [2.45, 2.75) is 18.9 Å². The van der Waals surface area contributed by atoms with Crippen LogP contribution < -0.4 is 0 Å². The highest BCUT2D eigenvalue weighted by molar-refractivity contribution is 7.19. The van der Waals surface area contributed by atoms with Gasteiger partial charge in [-0.1, -0.05) is 61.2 Å². The predicted octanol–water partition coefficient (Wildman–Crippen LogP) is 5.57. The fraction of sp³-hybridized carbons (Fsp3) is 0.136. The zero-order valence-corrected chi connectivity index (χ0v) is 14.8. The average molecular weight is 346 g/mol. The summed E-state index contributed by atoms with van der Waals surface area (Å²) in [4.78, 5) is 13.3. The van der Waals surface area contributed by atoms with Crippen LogP contribution in [0.25, 0.3) is 16.2 Å². The number of hydrogen-bond acceptors (Lipinski definition) is 3. The minimum Gasteiger partial charge on any atom is -0.453 e. The third-order valence-corrected chi connectivity index (χ3v) is 5.77. The Morgan fingerprint density at radius 2 is 1.84 bits per heavy atom. The number of carbonyl (C=O) groups is 1. The van der Waals surface area contributed by atoms with Crippen LogP contribution in [0.3, 0.4) is 0 Å². The minimum absolute atomic E-state index is 0.120. The SMILES string of the molecule is C=C1C(=O)OC(/C(C)=C/c2ccccc2)C1c1cc2ccccc2s1. The van der Waals surface area contributed by atoms with Crippen molar-refractivity contribution in [2.24, 2.45) is 0 Å². The van der Waals surface area contributed by atoms with Crippen LogP contribution in [0.15, 0.2) is 78.4 Å². The van der Waals surface area contributed by atoms with E-state index >= 15 is 0 Å². The van der Waals surface area contributed by atoms with Crippen LogP contribution in [0, 0.1) is 0 Å². The van der Waals surface area contributed by atoms with Crippen LogP contribution in [-0.4, -0.2) is 12.1 Å². The molecule has 0 radical (unpaired) electrons. The van der Waals surface area contributed by atoms with Gasteiger partial charge >= 0.3 is 5.97 Å². The van der Waals surface area contributed by atoms with Gasteiger partial charge in [-0.3, -0.25) is 0 Å². The number of hydrogen-bond donors (Lipinski definition) is 0. The zero-order valence-electron chi connectivity index (χ0n) is 13.9. The first-order chi connectivity index (χ1) is 12.1. The Bertz CT molecular complexity index is 948. The van der Waals surface area contributed by atoms with Gasteiger partial charge in [-0.15, -0.1) is 11.3 Å². The summed E-state index contributed by atoms with van der Waals surface area (Å²) in [7, 11) is 0. The van der Waals surface area contributed by atoms with Crippen LogP contribution in [0.5, 0.6) is 0 Å². The van der Waals surface area contributed by atoms with Gasteiger partial charge in [0.05, 0.1) is 5.92 Å². The van der Waals surface area contributed by atoms with E-state index in [1.807, 2.05) is 49.4 Å². The van der Waals surface area contributed by atoms with Gasteiger partial charge in [-0.2, -0.15) is 0 Å². The summed E-state index contributed by atoms with van der Waals surface area (Å²) < 4.78 is 6.89. The molecule has 0 saturated carbocycles. The Balaban J connectivity index is 1.74. The van der Waals surface area contributed by atoms with E-state index in [0.29, 0.717) is 5.57 Å². The largest absolute Gasteiger partial charge is 0.453 e. The van der Waals surface area contributed by atoms with Crippen molar-refractivity contribution in [2.75, 3.05) is 0 Å². The molecule has 3 heteroatoms. The Morgan fingerprint density at radius 3 is 2.60 bits per heavy atom. The van der Waals surface area contributed by atoms with Gasteiger partial charge in [-0.05, 0) is 35.6 Å². The van der Waals surface area contributed by atoms with Gasteiger partial charge in [0.1, 0.15) is 6.10 Å². The molecule has 2 atom stereocenters. The quantitative estimate of drug-likeness (QED) is 0.458. The molecular formula is C22H18O2S. The second-order valence-corrected chi connectivity index (χ2v) is 7.43.